The van der Waals surface area contributed by atoms with Gasteiger partial charge in [0.2, 0.25) is 5.91 Å². The summed E-state index contributed by atoms with van der Waals surface area (Å²) in [5.41, 5.74) is 6.17. The minimum atomic E-state index is -0.674. The Balaban J connectivity index is 1.94. The molecule has 3 rings (SSSR count). The molecular formula is C24H29N5O5S. The molecule has 4 N–H and O–H groups in total. The van der Waals surface area contributed by atoms with Crippen molar-refractivity contribution in [3.8, 4) is 0 Å². The summed E-state index contributed by atoms with van der Waals surface area (Å²) in [5.74, 6) is -0.993. The van der Waals surface area contributed by atoms with Crippen LogP contribution in [0.4, 0.5) is 16.5 Å². The fraction of sp³-hybridized carbons (Fsp3) is 0.333. The zero-order valence-electron chi connectivity index (χ0n) is 19.7. The van der Waals surface area contributed by atoms with Crippen LogP contribution in [0.2, 0.25) is 0 Å². The SMILES string of the molecule is CCCCn1c(N)c(N(CC(=O)Nc2sccc2C(=O)OCC)Cc2ccccc2)c(=O)[nH]c1=O. The number of ether oxygens (including phenoxy) is 1. The number of esters is 1. The summed E-state index contributed by atoms with van der Waals surface area (Å²) >= 11 is 1.19. The maximum absolute atomic E-state index is 13.0. The van der Waals surface area contributed by atoms with Gasteiger partial charge in [-0.05, 0) is 30.4 Å². The second-order valence-corrected chi connectivity index (χ2v) is 8.69. The third kappa shape index (κ3) is 6.38. The van der Waals surface area contributed by atoms with Gasteiger partial charge >= 0.3 is 11.7 Å². The minimum absolute atomic E-state index is 0.000678. The molecule has 10 nitrogen and oxygen atoms in total. The topological polar surface area (TPSA) is 140 Å². The summed E-state index contributed by atoms with van der Waals surface area (Å²) in [6.07, 6.45) is 1.53. The summed E-state index contributed by atoms with van der Waals surface area (Å²) in [5, 5.41) is 4.76. The first kappa shape index (κ1) is 25.8. The van der Waals surface area contributed by atoms with Crippen molar-refractivity contribution < 1.29 is 14.3 Å². The number of carbonyl (C=O) groups is 2. The van der Waals surface area contributed by atoms with Gasteiger partial charge in [-0.1, -0.05) is 43.7 Å². The number of hydrogen-bond donors (Lipinski definition) is 3. The average molecular weight is 500 g/mol. The maximum atomic E-state index is 13.0. The van der Waals surface area contributed by atoms with Crippen LogP contribution in [0.1, 0.15) is 42.6 Å². The van der Waals surface area contributed by atoms with Crippen molar-refractivity contribution >= 4 is 39.7 Å². The molecule has 1 aromatic carbocycles. The number of thiophene rings is 1. The van der Waals surface area contributed by atoms with Crippen LogP contribution in [0.25, 0.3) is 0 Å². The lowest BCUT2D eigenvalue weighted by Crippen LogP contribution is -2.41. The number of anilines is 3. The van der Waals surface area contributed by atoms with Gasteiger partial charge in [-0.2, -0.15) is 0 Å². The van der Waals surface area contributed by atoms with E-state index in [1.54, 1.807) is 18.4 Å². The van der Waals surface area contributed by atoms with Crippen molar-refractivity contribution in [3.63, 3.8) is 0 Å². The van der Waals surface area contributed by atoms with Gasteiger partial charge in [0.25, 0.3) is 5.56 Å². The van der Waals surface area contributed by atoms with E-state index in [-0.39, 0.29) is 36.8 Å². The first-order valence-electron chi connectivity index (χ1n) is 11.3. The molecule has 2 heterocycles. The highest BCUT2D eigenvalue weighted by Gasteiger charge is 2.23. The third-order valence-corrected chi connectivity index (χ3v) is 6.06. The number of nitrogens with zero attached hydrogens (tertiary/aromatic N) is 2. The van der Waals surface area contributed by atoms with E-state index < -0.39 is 23.1 Å². The van der Waals surface area contributed by atoms with Crippen LogP contribution in [-0.2, 0) is 22.6 Å². The van der Waals surface area contributed by atoms with Crippen molar-refractivity contribution in [2.75, 3.05) is 29.1 Å². The van der Waals surface area contributed by atoms with Crippen LogP contribution >= 0.6 is 11.3 Å². The smallest absolute Gasteiger partial charge is 0.341 e. The van der Waals surface area contributed by atoms with Gasteiger partial charge in [-0.15, -0.1) is 11.3 Å². The highest BCUT2D eigenvalue weighted by Crippen LogP contribution is 2.25. The lowest BCUT2D eigenvalue weighted by atomic mass is 10.2. The highest BCUT2D eigenvalue weighted by molar-refractivity contribution is 7.14. The number of H-pyrrole nitrogens is 1. The average Bonchev–Trinajstić information content (AvgIpc) is 3.27. The summed E-state index contributed by atoms with van der Waals surface area (Å²) < 4.78 is 6.35. The van der Waals surface area contributed by atoms with Crippen LogP contribution in [-0.4, -0.2) is 34.6 Å². The monoisotopic (exact) mass is 499 g/mol. The highest BCUT2D eigenvalue weighted by atomic mass is 32.1. The normalized spacial score (nSPS) is 10.7. The van der Waals surface area contributed by atoms with Crippen LogP contribution in [0.15, 0.2) is 51.4 Å². The Morgan fingerprint density at radius 3 is 2.60 bits per heavy atom. The Morgan fingerprint density at radius 2 is 1.91 bits per heavy atom. The largest absolute Gasteiger partial charge is 0.462 e. The summed E-state index contributed by atoms with van der Waals surface area (Å²) in [6.45, 7) is 4.19. The van der Waals surface area contributed by atoms with Gasteiger partial charge in [0.1, 0.15) is 16.5 Å². The summed E-state index contributed by atoms with van der Waals surface area (Å²) in [6, 6.07) is 10.9. The molecule has 0 radical (unpaired) electrons. The first-order valence-corrected chi connectivity index (χ1v) is 12.2. The molecule has 2 aromatic heterocycles. The van der Waals surface area contributed by atoms with Gasteiger partial charge in [0.15, 0.2) is 0 Å². The second-order valence-electron chi connectivity index (χ2n) is 7.77. The Labute approximate surface area is 206 Å². The Bertz CT molecular complexity index is 1280. The van der Waals surface area contributed by atoms with Crippen molar-refractivity contribution in [2.24, 2.45) is 0 Å². The maximum Gasteiger partial charge on any atom is 0.341 e. The molecule has 0 aliphatic rings. The Hall–Kier alpha value is -3.86. The van der Waals surface area contributed by atoms with E-state index in [1.165, 1.54) is 20.8 Å². The van der Waals surface area contributed by atoms with Crippen molar-refractivity contribution in [2.45, 2.75) is 39.8 Å². The van der Waals surface area contributed by atoms with E-state index in [0.717, 1.165) is 12.0 Å². The molecule has 0 saturated heterocycles. The molecule has 0 saturated carbocycles. The van der Waals surface area contributed by atoms with E-state index in [1.807, 2.05) is 37.3 Å². The number of aromatic amines is 1. The van der Waals surface area contributed by atoms with Crippen LogP contribution in [0.5, 0.6) is 0 Å². The predicted octanol–water partition coefficient (Wildman–Crippen LogP) is 2.80. The molecule has 0 atom stereocenters. The number of hydrogen-bond acceptors (Lipinski definition) is 8. The molecule has 0 unspecified atom stereocenters. The van der Waals surface area contributed by atoms with Crippen LogP contribution in [0, 0.1) is 0 Å². The number of nitrogens with two attached hydrogens (primary N) is 1. The minimum Gasteiger partial charge on any atom is -0.462 e. The second kappa shape index (κ2) is 12.0. The van der Waals surface area contributed by atoms with Gasteiger partial charge < -0.3 is 20.7 Å². The summed E-state index contributed by atoms with van der Waals surface area (Å²) in [7, 11) is 0. The molecular weight excluding hydrogens is 470 g/mol. The first-order chi connectivity index (χ1) is 16.8. The van der Waals surface area contributed by atoms with Crippen molar-refractivity contribution in [1.29, 1.82) is 0 Å². The van der Waals surface area contributed by atoms with Crippen molar-refractivity contribution in [3.05, 3.63) is 73.7 Å². The van der Waals surface area contributed by atoms with Gasteiger partial charge in [-0.25, -0.2) is 9.59 Å². The molecule has 1 amide bonds. The predicted molar refractivity (Wildman–Crippen MR) is 137 cm³/mol. The van der Waals surface area contributed by atoms with E-state index in [2.05, 4.69) is 10.3 Å². The number of rotatable bonds is 11. The zero-order valence-corrected chi connectivity index (χ0v) is 20.5. The van der Waals surface area contributed by atoms with Crippen LogP contribution < -0.4 is 27.2 Å². The molecule has 186 valence electrons. The molecule has 0 aliphatic carbocycles. The quantitative estimate of drug-likeness (QED) is 0.345. The van der Waals surface area contributed by atoms with Gasteiger partial charge in [-0.3, -0.25) is 19.1 Å². The van der Waals surface area contributed by atoms with Gasteiger partial charge in [0.05, 0.1) is 18.7 Å². The molecule has 0 aliphatic heterocycles. The van der Waals surface area contributed by atoms with Gasteiger partial charge in [0, 0.05) is 13.1 Å². The number of benzene rings is 1. The van der Waals surface area contributed by atoms with E-state index in [4.69, 9.17) is 10.5 Å². The van der Waals surface area contributed by atoms with Crippen molar-refractivity contribution in [1.82, 2.24) is 9.55 Å². The van der Waals surface area contributed by atoms with E-state index in [0.29, 0.717) is 18.0 Å². The van der Waals surface area contributed by atoms with Crippen LogP contribution in [0.3, 0.4) is 0 Å². The lowest BCUT2D eigenvalue weighted by Gasteiger charge is -2.26. The number of nitrogen functional groups attached to an aromatic ring is 1. The number of unbranched alkanes of at least 4 members (excludes halogenated alkanes) is 1. The molecule has 11 heteroatoms. The molecule has 0 fully saturated rings. The molecule has 0 spiro atoms. The lowest BCUT2D eigenvalue weighted by molar-refractivity contribution is -0.115. The fourth-order valence-corrected chi connectivity index (χ4v) is 4.35. The fourth-order valence-electron chi connectivity index (χ4n) is 3.55. The standard InChI is InChI=1S/C24H29N5O5S/c1-3-5-12-29-20(25)19(21(31)27-24(29)33)28(14-16-9-7-6-8-10-16)15-18(30)26-22-17(11-13-35-22)23(32)34-4-2/h6-11,13H,3-5,12,14-15,25H2,1-2H3,(H,26,30)(H,27,31,33). The summed E-state index contributed by atoms with van der Waals surface area (Å²) in [4.78, 5) is 54.3. The number of nitrogens with one attached hydrogen (secondary N) is 2. The Kier molecular flexibility index (Phi) is 8.85. The number of aromatic nitrogens is 2. The van der Waals surface area contributed by atoms with E-state index >= 15 is 0 Å². The molecule has 0 bridgehead atoms. The van der Waals surface area contributed by atoms with E-state index in [9.17, 15) is 19.2 Å². The molecule has 3 aromatic rings. The third-order valence-electron chi connectivity index (χ3n) is 5.23. The number of carbonyl (C=O) groups excluding carboxylic acids is 2. The molecule has 35 heavy (non-hydrogen) atoms. The Morgan fingerprint density at radius 1 is 1.17 bits per heavy atom. The number of amides is 1. The zero-order chi connectivity index (χ0) is 25.4.